The summed E-state index contributed by atoms with van der Waals surface area (Å²) in [5.41, 5.74) is 0.917. The molecule has 2 aromatic heterocycles. The molecule has 2 heterocycles. The Bertz CT molecular complexity index is 693. The van der Waals surface area contributed by atoms with Crippen LogP contribution >= 0.6 is 0 Å². The monoisotopic (exact) mass is 316 g/mol. The van der Waals surface area contributed by atoms with E-state index in [1.54, 1.807) is 16.7 Å². The summed E-state index contributed by atoms with van der Waals surface area (Å²) in [7, 11) is 0. The van der Waals surface area contributed by atoms with Gasteiger partial charge in [-0.2, -0.15) is 0 Å². The molecule has 2 N–H and O–H groups in total. The molecule has 2 amide bonds. The van der Waals surface area contributed by atoms with E-state index >= 15 is 0 Å². The lowest BCUT2D eigenvalue weighted by Gasteiger charge is -2.09. The van der Waals surface area contributed by atoms with Crippen LogP contribution in [0.4, 0.5) is 0 Å². The molecule has 0 bridgehead atoms. The van der Waals surface area contributed by atoms with Gasteiger partial charge in [0.15, 0.2) is 5.69 Å². The molecule has 6 heteroatoms. The molecular formula is C17H24N4O2. The summed E-state index contributed by atoms with van der Waals surface area (Å²) >= 11 is 0. The number of nitrogens with zero attached hydrogens (tertiary/aromatic N) is 2. The molecule has 0 aliphatic heterocycles. The van der Waals surface area contributed by atoms with Gasteiger partial charge in [-0.3, -0.25) is 14.0 Å². The Balaban J connectivity index is 2.32. The molecule has 0 aromatic carbocycles. The van der Waals surface area contributed by atoms with Gasteiger partial charge < -0.3 is 10.6 Å². The smallest absolute Gasteiger partial charge is 0.287 e. The number of pyridine rings is 1. The molecule has 0 saturated heterocycles. The quantitative estimate of drug-likeness (QED) is 0.770. The van der Waals surface area contributed by atoms with E-state index in [2.05, 4.69) is 22.5 Å². The van der Waals surface area contributed by atoms with Crippen LogP contribution in [0, 0.1) is 0 Å². The minimum Gasteiger partial charge on any atom is -0.349 e. The molecule has 0 saturated carbocycles. The highest BCUT2D eigenvalue weighted by Crippen LogP contribution is 2.13. The van der Waals surface area contributed by atoms with Gasteiger partial charge in [-0.25, -0.2) is 4.98 Å². The number of hydrogen-bond acceptors (Lipinski definition) is 3. The van der Waals surface area contributed by atoms with Crippen molar-refractivity contribution >= 4 is 17.3 Å². The second-order valence-electron chi connectivity index (χ2n) is 5.63. The summed E-state index contributed by atoms with van der Waals surface area (Å²) in [6, 6.07) is 5.50. The van der Waals surface area contributed by atoms with Gasteiger partial charge in [0.1, 0.15) is 0 Å². The van der Waals surface area contributed by atoms with E-state index in [1.807, 2.05) is 26.0 Å². The fourth-order valence-electron chi connectivity index (χ4n) is 2.22. The van der Waals surface area contributed by atoms with Crippen molar-refractivity contribution in [2.24, 2.45) is 0 Å². The van der Waals surface area contributed by atoms with Crippen molar-refractivity contribution in [3.8, 4) is 0 Å². The Morgan fingerprint density at radius 1 is 1.26 bits per heavy atom. The summed E-state index contributed by atoms with van der Waals surface area (Å²) < 4.78 is 1.66. The largest absolute Gasteiger partial charge is 0.349 e. The molecule has 0 aliphatic rings. The van der Waals surface area contributed by atoms with Crippen LogP contribution in [0.2, 0.25) is 0 Å². The molecule has 2 aromatic rings. The third kappa shape index (κ3) is 3.88. The maximum absolute atomic E-state index is 12.4. The third-order valence-corrected chi connectivity index (χ3v) is 3.77. The van der Waals surface area contributed by atoms with E-state index in [0.717, 1.165) is 19.3 Å². The lowest BCUT2D eigenvalue weighted by atomic mass is 10.2. The highest BCUT2D eigenvalue weighted by atomic mass is 16.2. The second kappa shape index (κ2) is 7.76. The fourth-order valence-corrected chi connectivity index (χ4v) is 2.22. The highest BCUT2D eigenvalue weighted by molar-refractivity contribution is 6.02. The van der Waals surface area contributed by atoms with Gasteiger partial charge in [0, 0.05) is 18.8 Å². The number of unbranched alkanes of at least 4 members (excludes halogenated alkanes) is 1. The van der Waals surface area contributed by atoms with Gasteiger partial charge >= 0.3 is 0 Å². The minimum absolute atomic E-state index is 0.0600. The summed E-state index contributed by atoms with van der Waals surface area (Å²) in [4.78, 5) is 29.0. The Morgan fingerprint density at radius 3 is 2.74 bits per heavy atom. The Morgan fingerprint density at radius 2 is 2.04 bits per heavy atom. The molecule has 6 nitrogen and oxygen atoms in total. The van der Waals surface area contributed by atoms with E-state index in [0.29, 0.717) is 12.1 Å². The zero-order valence-electron chi connectivity index (χ0n) is 13.9. The summed E-state index contributed by atoms with van der Waals surface area (Å²) in [6.45, 7) is 6.61. The molecule has 0 radical (unpaired) electrons. The van der Waals surface area contributed by atoms with Gasteiger partial charge in [-0.1, -0.05) is 26.3 Å². The molecule has 0 aliphatic carbocycles. The average molecular weight is 316 g/mol. The maximum Gasteiger partial charge on any atom is 0.287 e. The Labute approximate surface area is 136 Å². The van der Waals surface area contributed by atoms with Crippen molar-refractivity contribution in [2.75, 3.05) is 6.54 Å². The summed E-state index contributed by atoms with van der Waals surface area (Å²) in [5.74, 6) is -0.274. The van der Waals surface area contributed by atoms with Crippen molar-refractivity contribution in [2.45, 2.75) is 46.1 Å². The molecular weight excluding hydrogens is 292 g/mol. The molecule has 23 heavy (non-hydrogen) atoms. The van der Waals surface area contributed by atoms with E-state index in [-0.39, 0.29) is 29.4 Å². The third-order valence-electron chi connectivity index (χ3n) is 3.77. The van der Waals surface area contributed by atoms with Crippen molar-refractivity contribution in [3.63, 3.8) is 0 Å². The number of imidazole rings is 1. The number of hydrogen-bond donors (Lipinski definition) is 2. The van der Waals surface area contributed by atoms with Gasteiger partial charge in [0.05, 0.1) is 5.52 Å². The molecule has 0 spiro atoms. The minimum atomic E-state index is -0.262. The Hall–Kier alpha value is -2.37. The standard InChI is InChI=1S/C17H24N4O2/c1-4-6-10-18-17(23)15-20-14(16(22)19-12(3)5-2)13-9-7-8-11-21(13)15/h7-9,11-12H,4-6,10H2,1-3H3,(H,18,23)(H,19,22). The van der Waals surface area contributed by atoms with Crippen molar-refractivity contribution in [1.82, 2.24) is 20.0 Å². The van der Waals surface area contributed by atoms with Crippen molar-refractivity contribution < 1.29 is 9.59 Å². The molecule has 2 rings (SSSR count). The van der Waals surface area contributed by atoms with Crippen LogP contribution < -0.4 is 10.6 Å². The zero-order chi connectivity index (χ0) is 16.8. The number of amides is 2. The van der Waals surface area contributed by atoms with Gasteiger partial charge in [0.25, 0.3) is 11.8 Å². The number of rotatable bonds is 7. The fraction of sp³-hybridized carbons (Fsp3) is 0.471. The lowest BCUT2D eigenvalue weighted by molar-refractivity contribution is 0.0936. The first-order chi connectivity index (χ1) is 11.1. The predicted molar refractivity (Wildman–Crippen MR) is 89.7 cm³/mol. The normalized spacial score (nSPS) is 12.1. The number of carbonyl (C=O) groups excluding carboxylic acids is 2. The SMILES string of the molecule is CCCCNC(=O)c1nc(C(=O)NC(C)CC)c2ccccn12. The number of nitrogens with one attached hydrogen (secondary N) is 2. The molecule has 1 atom stereocenters. The molecule has 1 unspecified atom stereocenters. The topological polar surface area (TPSA) is 75.5 Å². The van der Waals surface area contributed by atoms with E-state index in [4.69, 9.17) is 0 Å². The van der Waals surface area contributed by atoms with E-state index < -0.39 is 0 Å². The average Bonchev–Trinajstić information content (AvgIpc) is 2.94. The zero-order valence-corrected chi connectivity index (χ0v) is 13.9. The van der Waals surface area contributed by atoms with Crippen LogP contribution in [-0.2, 0) is 0 Å². The first-order valence-corrected chi connectivity index (χ1v) is 8.14. The first kappa shape index (κ1) is 17.0. The molecule has 124 valence electrons. The Kier molecular flexibility index (Phi) is 5.73. The van der Waals surface area contributed by atoms with Crippen LogP contribution in [0.5, 0.6) is 0 Å². The summed E-state index contributed by atoms with van der Waals surface area (Å²) in [6.07, 6.45) is 4.50. The van der Waals surface area contributed by atoms with E-state index in [9.17, 15) is 9.59 Å². The molecule has 0 fully saturated rings. The lowest BCUT2D eigenvalue weighted by Crippen LogP contribution is -2.32. The van der Waals surface area contributed by atoms with Crippen LogP contribution in [0.25, 0.3) is 5.52 Å². The number of aromatic nitrogens is 2. The van der Waals surface area contributed by atoms with Crippen LogP contribution in [0.15, 0.2) is 24.4 Å². The van der Waals surface area contributed by atoms with Gasteiger partial charge in [-0.15, -0.1) is 0 Å². The number of carbonyl (C=O) groups is 2. The first-order valence-electron chi connectivity index (χ1n) is 8.14. The number of fused-ring (bicyclic) bond motifs is 1. The van der Waals surface area contributed by atoms with Crippen molar-refractivity contribution in [1.29, 1.82) is 0 Å². The summed E-state index contributed by atoms with van der Waals surface area (Å²) in [5, 5.41) is 5.74. The highest BCUT2D eigenvalue weighted by Gasteiger charge is 2.21. The van der Waals surface area contributed by atoms with Crippen molar-refractivity contribution in [3.05, 3.63) is 35.9 Å². The van der Waals surface area contributed by atoms with Gasteiger partial charge in [0.2, 0.25) is 5.82 Å². The predicted octanol–water partition coefficient (Wildman–Crippen LogP) is 2.39. The maximum atomic E-state index is 12.4. The van der Waals surface area contributed by atoms with E-state index in [1.165, 1.54) is 0 Å². The van der Waals surface area contributed by atoms with Crippen LogP contribution in [0.3, 0.4) is 0 Å². The van der Waals surface area contributed by atoms with Gasteiger partial charge in [-0.05, 0) is 31.9 Å². The van der Waals surface area contributed by atoms with Crippen LogP contribution in [-0.4, -0.2) is 33.8 Å². The van der Waals surface area contributed by atoms with Crippen LogP contribution in [0.1, 0.15) is 61.1 Å². The second-order valence-corrected chi connectivity index (χ2v) is 5.63.